The van der Waals surface area contributed by atoms with Crippen LogP contribution in [-0.2, 0) is 10.3 Å². The molecule has 0 bridgehead atoms. The number of anilines is 1. The van der Waals surface area contributed by atoms with E-state index in [1.165, 1.54) is 0 Å². The minimum atomic E-state index is -0.527. The highest BCUT2D eigenvalue weighted by atomic mass is 16.5. The molecule has 2 aromatic rings. The zero-order chi connectivity index (χ0) is 17.6. The summed E-state index contributed by atoms with van der Waals surface area (Å²) < 4.78 is 5.77. The zero-order valence-corrected chi connectivity index (χ0v) is 14.8. The lowest BCUT2D eigenvalue weighted by atomic mass is 9.91. The number of urea groups is 1. The molecular formula is C20H26N2O2. The molecule has 128 valence electrons. The number of carbonyl (C=O) groups is 1. The fraction of sp³-hybridized carbons (Fsp3) is 0.350. The Morgan fingerprint density at radius 3 is 2.25 bits per heavy atom. The molecule has 0 aliphatic carbocycles. The third-order valence-corrected chi connectivity index (χ3v) is 4.28. The van der Waals surface area contributed by atoms with E-state index in [2.05, 4.69) is 23.6 Å². The Balaban J connectivity index is 2.05. The van der Waals surface area contributed by atoms with E-state index >= 15 is 0 Å². The van der Waals surface area contributed by atoms with Crippen LogP contribution in [0.25, 0.3) is 0 Å². The molecule has 1 unspecified atom stereocenters. The highest BCUT2D eigenvalue weighted by molar-refractivity contribution is 5.89. The first-order chi connectivity index (χ1) is 11.5. The molecule has 2 amide bonds. The van der Waals surface area contributed by atoms with E-state index in [1.807, 2.05) is 56.3 Å². The van der Waals surface area contributed by atoms with E-state index in [1.54, 1.807) is 7.11 Å². The number of hydrogen-bond acceptors (Lipinski definition) is 2. The Hall–Kier alpha value is -2.33. The highest BCUT2D eigenvalue weighted by Crippen LogP contribution is 2.28. The second kappa shape index (κ2) is 7.97. The van der Waals surface area contributed by atoms with Crippen LogP contribution in [0, 0.1) is 13.8 Å². The molecule has 1 atom stereocenters. The Labute approximate surface area is 144 Å². The van der Waals surface area contributed by atoms with Crippen LogP contribution in [0.2, 0.25) is 0 Å². The summed E-state index contributed by atoms with van der Waals surface area (Å²) in [5.74, 6) is 0. The van der Waals surface area contributed by atoms with Crippen LogP contribution in [0.1, 0.15) is 30.0 Å². The topological polar surface area (TPSA) is 50.4 Å². The van der Waals surface area contributed by atoms with E-state index < -0.39 is 5.60 Å². The van der Waals surface area contributed by atoms with Crippen molar-refractivity contribution in [3.63, 3.8) is 0 Å². The molecule has 24 heavy (non-hydrogen) atoms. The third kappa shape index (κ3) is 4.36. The van der Waals surface area contributed by atoms with Crippen molar-refractivity contribution in [2.45, 2.75) is 32.8 Å². The van der Waals surface area contributed by atoms with Crippen molar-refractivity contribution in [3.05, 3.63) is 65.2 Å². The summed E-state index contributed by atoms with van der Waals surface area (Å²) in [7, 11) is 1.68. The van der Waals surface area contributed by atoms with E-state index in [0.29, 0.717) is 6.54 Å². The molecule has 2 N–H and O–H groups in total. The largest absolute Gasteiger partial charge is 0.372 e. The van der Waals surface area contributed by atoms with Crippen molar-refractivity contribution in [1.82, 2.24) is 5.32 Å². The van der Waals surface area contributed by atoms with Gasteiger partial charge in [0.1, 0.15) is 5.60 Å². The van der Waals surface area contributed by atoms with Crippen molar-refractivity contribution in [3.8, 4) is 0 Å². The number of ether oxygens (including phenoxy) is 1. The van der Waals surface area contributed by atoms with Crippen molar-refractivity contribution in [2.75, 3.05) is 19.0 Å². The van der Waals surface area contributed by atoms with Gasteiger partial charge in [0.15, 0.2) is 0 Å². The second-order valence-corrected chi connectivity index (χ2v) is 6.10. The molecular weight excluding hydrogens is 300 g/mol. The summed E-state index contributed by atoms with van der Waals surface area (Å²) >= 11 is 0. The van der Waals surface area contributed by atoms with Gasteiger partial charge >= 0.3 is 6.03 Å². The molecule has 0 heterocycles. The van der Waals surface area contributed by atoms with Gasteiger partial charge in [0.25, 0.3) is 0 Å². The van der Waals surface area contributed by atoms with Gasteiger partial charge in [-0.05, 0) is 49.1 Å². The summed E-state index contributed by atoms with van der Waals surface area (Å²) in [5.41, 5.74) is 3.57. The van der Waals surface area contributed by atoms with Crippen molar-refractivity contribution >= 4 is 11.7 Å². The second-order valence-electron chi connectivity index (χ2n) is 6.10. The van der Waals surface area contributed by atoms with Crippen LogP contribution in [0.15, 0.2) is 48.5 Å². The molecule has 0 radical (unpaired) electrons. The fourth-order valence-corrected chi connectivity index (χ4v) is 2.95. The molecule has 0 aliphatic heterocycles. The first-order valence-corrected chi connectivity index (χ1v) is 8.23. The molecule has 4 nitrogen and oxygen atoms in total. The number of carbonyl (C=O) groups excluding carboxylic acids is 1. The molecule has 2 aromatic carbocycles. The Morgan fingerprint density at radius 2 is 1.71 bits per heavy atom. The van der Waals surface area contributed by atoms with Gasteiger partial charge < -0.3 is 15.4 Å². The molecule has 2 rings (SSSR count). The highest BCUT2D eigenvalue weighted by Gasteiger charge is 2.30. The van der Waals surface area contributed by atoms with Crippen molar-refractivity contribution in [2.24, 2.45) is 0 Å². The van der Waals surface area contributed by atoms with E-state index in [9.17, 15) is 4.79 Å². The van der Waals surface area contributed by atoms with E-state index in [0.717, 1.165) is 28.8 Å². The number of benzene rings is 2. The van der Waals surface area contributed by atoms with Gasteiger partial charge in [-0.3, -0.25) is 0 Å². The van der Waals surface area contributed by atoms with E-state index in [4.69, 9.17) is 4.74 Å². The van der Waals surface area contributed by atoms with Gasteiger partial charge in [-0.25, -0.2) is 4.79 Å². The average molecular weight is 326 g/mol. The maximum atomic E-state index is 12.3. The van der Waals surface area contributed by atoms with Gasteiger partial charge in [-0.1, -0.05) is 43.3 Å². The van der Waals surface area contributed by atoms with Gasteiger partial charge in [-0.2, -0.15) is 0 Å². The van der Waals surface area contributed by atoms with Crippen LogP contribution in [-0.4, -0.2) is 19.7 Å². The SMILES string of the molecule is CCC(CNC(=O)Nc1cc(C)cc(C)c1)(OC)c1ccccc1. The molecule has 0 saturated heterocycles. The summed E-state index contributed by atoms with van der Waals surface area (Å²) in [4.78, 5) is 12.3. The number of aryl methyl sites for hydroxylation is 2. The van der Waals surface area contributed by atoms with Crippen LogP contribution in [0.4, 0.5) is 10.5 Å². The lowest BCUT2D eigenvalue weighted by Crippen LogP contribution is -2.43. The minimum Gasteiger partial charge on any atom is -0.372 e. The number of amides is 2. The number of rotatable bonds is 6. The number of nitrogens with one attached hydrogen (secondary N) is 2. The Kier molecular flexibility index (Phi) is 5.99. The Bertz CT molecular complexity index is 659. The standard InChI is InChI=1S/C20H26N2O2/c1-5-20(24-4,17-9-7-6-8-10-17)14-21-19(23)22-18-12-15(2)11-16(3)13-18/h6-13H,5,14H2,1-4H3,(H2,21,22,23). The molecule has 0 spiro atoms. The number of hydrogen-bond donors (Lipinski definition) is 2. The van der Waals surface area contributed by atoms with Crippen LogP contribution in [0.5, 0.6) is 0 Å². The van der Waals surface area contributed by atoms with Gasteiger partial charge in [0.2, 0.25) is 0 Å². The van der Waals surface area contributed by atoms with Crippen LogP contribution >= 0.6 is 0 Å². The molecule has 0 aliphatic rings. The number of methoxy groups -OCH3 is 1. The molecule has 4 heteroatoms. The summed E-state index contributed by atoms with van der Waals surface area (Å²) in [6.45, 7) is 6.48. The molecule has 0 saturated carbocycles. The smallest absolute Gasteiger partial charge is 0.319 e. The predicted molar refractivity (Wildman–Crippen MR) is 98.4 cm³/mol. The predicted octanol–water partition coefficient (Wildman–Crippen LogP) is 4.38. The maximum absolute atomic E-state index is 12.3. The quantitative estimate of drug-likeness (QED) is 0.828. The van der Waals surface area contributed by atoms with Gasteiger partial charge in [-0.15, -0.1) is 0 Å². The third-order valence-electron chi connectivity index (χ3n) is 4.28. The first kappa shape index (κ1) is 18.0. The van der Waals surface area contributed by atoms with Crippen LogP contribution in [0.3, 0.4) is 0 Å². The fourth-order valence-electron chi connectivity index (χ4n) is 2.95. The summed E-state index contributed by atoms with van der Waals surface area (Å²) in [6, 6.07) is 15.7. The maximum Gasteiger partial charge on any atom is 0.319 e. The van der Waals surface area contributed by atoms with E-state index in [-0.39, 0.29) is 6.03 Å². The monoisotopic (exact) mass is 326 g/mol. The summed E-state index contributed by atoms with van der Waals surface area (Å²) in [5, 5.41) is 5.83. The van der Waals surface area contributed by atoms with Gasteiger partial charge in [0.05, 0.1) is 6.54 Å². The Morgan fingerprint density at radius 1 is 1.08 bits per heavy atom. The minimum absolute atomic E-state index is 0.231. The van der Waals surface area contributed by atoms with Crippen molar-refractivity contribution < 1.29 is 9.53 Å². The first-order valence-electron chi connectivity index (χ1n) is 8.23. The zero-order valence-electron chi connectivity index (χ0n) is 14.8. The molecule has 0 aromatic heterocycles. The normalized spacial score (nSPS) is 13.2. The van der Waals surface area contributed by atoms with Crippen LogP contribution < -0.4 is 10.6 Å². The molecule has 0 fully saturated rings. The van der Waals surface area contributed by atoms with Crippen molar-refractivity contribution in [1.29, 1.82) is 0 Å². The summed E-state index contributed by atoms with van der Waals surface area (Å²) in [6.07, 6.45) is 0.761. The lowest BCUT2D eigenvalue weighted by Gasteiger charge is -2.32. The average Bonchev–Trinajstić information content (AvgIpc) is 2.56. The van der Waals surface area contributed by atoms with Gasteiger partial charge in [0, 0.05) is 12.8 Å². The lowest BCUT2D eigenvalue weighted by molar-refractivity contribution is -0.0149.